The second kappa shape index (κ2) is 65.1. The topological polar surface area (TPSA) is 78.9 Å². The van der Waals surface area contributed by atoms with Gasteiger partial charge in [0.2, 0.25) is 0 Å². The third kappa shape index (κ3) is 62.4. The fourth-order valence-corrected chi connectivity index (χ4v) is 8.65. The van der Waals surface area contributed by atoms with Crippen LogP contribution in [0.5, 0.6) is 0 Å². The van der Waals surface area contributed by atoms with Crippen molar-refractivity contribution in [1.29, 1.82) is 0 Å². The van der Waals surface area contributed by atoms with Crippen LogP contribution in [-0.2, 0) is 28.6 Å². The molecule has 442 valence electrons. The van der Waals surface area contributed by atoms with Crippen molar-refractivity contribution in [3.05, 3.63) is 134 Å². The summed E-state index contributed by atoms with van der Waals surface area (Å²) < 4.78 is 16.9. The Balaban J connectivity index is 4.24. The lowest BCUT2D eigenvalue weighted by molar-refractivity contribution is -0.167. The summed E-state index contributed by atoms with van der Waals surface area (Å²) in [5.41, 5.74) is 0. The van der Waals surface area contributed by atoms with E-state index in [0.717, 1.165) is 141 Å². The predicted octanol–water partition coefficient (Wildman–Crippen LogP) is 22.2. The zero-order chi connectivity index (χ0) is 56.4. The van der Waals surface area contributed by atoms with Crippen LogP contribution in [0.1, 0.15) is 284 Å². The standard InChI is InChI=1S/C72H118O6/c1-4-7-10-13-16-19-21-23-25-27-29-31-33-35-36-38-39-41-43-45-47-49-51-53-56-59-62-65-71(74)77-68-69(67-76-70(73)64-61-58-55-18-15-12-9-6-3)78-72(75)66-63-60-57-54-52-50-48-46-44-42-40-37-34-32-30-28-26-24-22-20-17-14-11-8-5-2/h7-8,10-11,16-17,19-20,23-26,29-32,35-37,39-41,69H,4-6,9,12-15,18,21-22,27-28,33-34,38,42-68H2,1-3H3/b10-7-,11-8-,19-16-,20-17-,25-23-,26-24-,31-29-,32-30-,36-35-,40-37-,41-39-. The third-order valence-electron chi connectivity index (χ3n) is 13.4. The molecule has 1 unspecified atom stereocenters. The maximum atomic E-state index is 12.9. The number of hydrogen-bond acceptors (Lipinski definition) is 6. The lowest BCUT2D eigenvalue weighted by Gasteiger charge is -2.18. The van der Waals surface area contributed by atoms with Gasteiger partial charge in [0, 0.05) is 19.3 Å². The molecule has 0 aromatic carbocycles. The Bertz CT molecular complexity index is 1670. The van der Waals surface area contributed by atoms with Crippen molar-refractivity contribution in [1.82, 2.24) is 0 Å². The van der Waals surface area contributed by atoms with Crippen LogP contribution in [0.3, 0.4) is 0 Å². The molecule has 78 heavy (non-hydrogen) atoms. The Labute approximate surface area is 481 Å². The van der Waals surface area contributed by atoms with Crippen molar-refractivity contribution in [2.45, 2.75) is 290 Å². The van der Waals surface area contributed by atoms with Crippen LogP contribution in [0.2, 0.25) is 0 Å². The SMILES string of the molecule is CC/C=C\C/C=C\C/C=C\C/C=C\C/C=C\C/C=C\CCCCCCCCCCC(=O)OCC(COC(=O)CCCCCCCCCC)OC(=O)CCCCCCCCCCC/C=C\C/C=C\C/C=C\C/C=C\C/C=C\CC. The summed E-state index contributed by atoms with van der Waals surface area (Å²) in [5, 5.41) is 0. The summed E-state index contributed by atoms with van der Waals surface area (Å²) in [7, 11) is 0. The number of allylic oxidation sites excluding steroid dienone is 22. The average Bonchev–Trinajstić information content (AvgIpc) is 3.44. The largest absolute Gasteiger partial charge is 0.462 e. The van der Waals surface area contributed by atoms with Gasteiger partial charge in [-0.15, -0.1) is 0 Å². The van der Waals surface area contributed by atoms with Crippen LogP contribution in [0, 0.1) is 0 Å². The summed E-state index contributed by atoms with van der Waals surface area (Å²) >= 11 is 0. The highest BCUT2D eigenvalue weighted by atomic mass is 16.6. The highest BCUT2D eigenvalue weighted by Crippen LogP contribution is 2.15. The van der Waals surface area contributed by atoms with E-state index in [0.29, 0.717) is 19.3 Å². The van der Waals surface area contributed by atoms with Crippen molar-refractivity contribution in [3.63, 3.8) is 0 Å². The molecule has 0 rings (SSSR count). The highest BCUT2D eigenvalue weighted by molar-refractivity contribution is 5.71. The van der Waals surface area contributed by atoms with Gasteiger partial charge in [0.15, 0.2) is 6.10 Å². The maximum absolute atomic E-state index is 12.9. The molecule has 0 spiro atoms. The van der Waals surface area contributed by atoms with Crippen LogP contribution in [0.15, 0.2) is 134 Å². The fourth-order valence-electron chi connectivity index (χ4n) is 8.65. The number of carbonyl (C=O) groups is 3. The van der Waals surface area contributed by atoms with Gasteiger partial charge in [0.25, 0.3) is 0 Å². The molecular weight excluding hydrogens is 961 g/mol. The molecule has 0 aromatic heterocycles. The van der Waals surface area contributed by atoms with E-state index in [9.17, 15) is 14.4 Å². The molecule has 0 bridgehead atoms. The van der Waals surface area contributed by atoms with Crippen molar-refractivity contribution >= 4 is 17.9 Å². The second-order valence-electron chi connectivity index (χ2n) is 20.9. The van der Waals surface area contributed by atoms with Crippen LogP contribution < -0.4 is 0 Å². The molecule has 0 fully saturated rings. The molecule has 0 N–H and O–H groups in total. The van der Waals surface area contributed by atoms with Gasteiger partial charge in [-0.05, 0) is 116 Å². The smallest absolute Gasteiger partial charge is 0.306 e. The van der Waals surface area contributed by atoms with Crippen LogP contribution in [0.25, 0.3) is 0 Å². The molecule has 0 aliphatic heterocycles. The molecule has 0 aromatic rings. The summed E-state index contributed by atoms with van der Waals surface area (Å²) in [6, 6.07) is 0. The normalized spacial score (nSPS) is 13.0. The van der Waals surface area contributed by atoms with E-state index in [1.54, 1.807) is 0 Å². The lowest BCUT2D eigenvalue weighted by Crippen LogP contribution is -2.30. The van der Waals surface area contributed by atoms with E-state index >= 15 is 0 Å². The van der Waals surface area contributed by atoms with Gasteiger partial charge in [-0.2, -0.15) is 0 Å². The zero-order valence-electron chi connectivity index (χ0n) is 50.6. The Hall–Kier alpha value is -4.45. The molecule has 0 saturated carbocycles. The van der Waals surface area contributed by atoms with Gasteiger partial charge >= 0.3 is 17.9 Å². The zero-order valence-corrected chi connectivity index (χ0v) is 50.6. The molecule has 0 heterocycles. The Morgan fingerprint density at radius 1 is 0.269 bits per heavy atom. The molecule has 0 aliphatic rings. The molecule has 0 aliphatic carbocycles. The minimum atomic E-state index is -0.788. The molecule has 0 amide bonds. The van der Waals surface area contributed by atoms with Crippen LogP contribution in [0.4, 0.5) is 0 Å². The summed E-state index contributed by atoms with van der Waals surface area (Å²) in [5.74, 6) is -0.902. The Kier molecular flexibility index (Phi) is 61.4. The monoisotopic (exact) mass is 1080 g/mol. The number of unbranched alkanes of at least 4 members (excludes halogenated alkanes) is 24. The third-order valence-corrected chi connectivity index (χ3v) is 13.4. The van der Waals surface area contributed by atoms with Gasteiger partial charge in [-0.25, -0.2) is 0 Å². The number of hydrogen-bond donors (Lipinski definition) is 0. The first-order valence-electron chi connectivity index (χ1n) is 32.2. The Morgan fingerprint density at radius 3 is 0.782 bits per heavy atom. The van der Waals surface area contributed by atoms with E-state index in [1.165, 1.54) is 103 Å². The number of carbonyl (C=O) groups excluding carboxylic acids is 3. The van der Waals surface area contributed by atoms with Gasteiger partial charge in [0.05, 0.1) is 0 Å². The molecule has 6 nitrogen and oxygen atoms in total. The maximum Gasteiger partial charge on any atom is 0.306 e. The first-order valence-corrected chi connectivity index (χ1v) is 32.2. The van der Waals surface area contributed by atoms with Gasteiger partial charge < -0.3 is 14.2 Å². The minimum absolute atomic E-state index is 0.0847. The lowest BCUT2D eigenvalue weighted by atomic mass is 10.1. The number of rotatable bonds is 57. The summed E-state index contributed by atoms with van der Waals surface area (Å²) in [4.78, 5) is 38.2. The number of esters is 3. The Morgan fingerprint density at radius 2 is 0.500 bits per heavy atom. The van der Waals surface area contributed by atoms with Crippen molar-refractivity contribution < 1.29 is 28.6 Å². The quantitative estimate of drug-likeness (QED) is 0.0261. The van der Waals surface area contributed by atoms with Gasteiger partial charge in [0.1, 0.15) is 13.2 Å². The molecule has 0 saturated heterocycles. The number of ether oxygens (including phenoxy) is 3. The highest BCUT2D eigenvalue weighted by Gasteiger charge is 2.19. The molecule has 0 radical (unpaired) electrons. The predicted molar refractivity (Wildman–Crippen MR) is 339 cm³/mol. The average molecular weight is 1080 g/mol. The van der Waals surface area contributed by atoms with Crippen molar-refractivity contribution in [2.75, 3.05) is 13.2 Å². The first kappa shape index (κ1) is 73.5. The van der Waals surface area contributed by atoms with E-state index in [2.05, 4.69) is 154 Å². The summed E-state index contributed by atoms with van der Waals surface area (Å²) in [6.07, 6.45) is 91.8. The van der Waals surface area contributed by atoms with E-state index < -0.39 is 6.10 Å². The van der Waals surface area contributed by atoms with E-state index in [4.69, 9.17) is 14.2 Å². The first-order chi connectivity index (χ1) is 38.5. The summed E-state index contributed by atoms with van der Waals surface area (Å²) in [6.45, 7) is 6.38. The van der Waals surface area contributed by atoms with Crippen LogP contribution in [-0.4, -0.2) is 37.2 Å². The van der Waals surface area contributed by atoms with Crippen molar-refractivity contribution in [3.8, 4) is 0 Å². The minimum Gasteiger partial charge on any atom is -0.462 e. The van der Waals surface area contributed by atoms with Crippen LogP contribution >= 0.6 is 0 Å². The second-order valence-corrected chi connectivity index (χ2v) is 20.9. The van der Waals surface area contributed by atoms with E-state index in [1.807, 2.05) is 0 Å². The molecular formula is C72H118O6. The van der Waals surface area contributed by atoms with E-state index in [-0.39, 0.29) is 31.1 Å². The van der Waals surface area contributed by atoms with Crippen molar-refractivity contribution in [2.24, 2.45) is 0 Å². The van der Waals surface area contributed by atoms with Gasteiger partial charge in [-0.1, -0.05) is 283 Å². The van der Waals surface area contributed by atoms with Gasteiger partial charge in [-0.3, -0.25) is 14.4 Å². The molecule has 1 atom stereocenters. The molecule has 6 heteroatoms. The fraction of sp³-hybridized carbons (Fsp3) is 0.653.